The Morgan fingerprint density at radius 1 is 1.23 bits per heavy atom. The zero-order valence-corrected chi connectivity index (χ0v) is 19.5. The number of ether oxygens (including phenoxy) is 3. The molecule has 1 aliphatic heterocycles. The molecule has 0 radical (unpaired) electrons. The van der Waals surface area contributed by atoms with E-state index in [0.29, 0.717) is 18.7 Å². The number of hydrogen-bond acceptors (Lipinski definition) is 6. The van der Waals surface area contributed by atoms with Gasteiger partial charge in [-0.15, -0.1) is 0 Å². The van der Waals surface area contributed by atoms with E-state index in [9.17, 15) is 9.59 Å². The lowest BCUT2D eigenvalue weighted by atomic mass is 9.97. The molecule has 7 nitrogen and oxygen atoms in total. The molecule has 2 aromatic rings. The van der Waals surface area contributed by atoms with Crippen LogP contribution in [0, 0.1) is 6.92 Å². The number of nitrogens with zero attached hydrogens (tertiary/aromatic N) is 1. The van der Waals surface area contributed by atoms with Crippen LogP contribution in [0.4, 0.5) is 10.5 Å². The van der Waals surface area contributed by atoms with Gasteiger partial charge in [-0.25, -0.2) is 4.79 Å². The fourth-order valence-corrected chi connectivity index (χ4v) is 4.44. The van der Waals surface area contributed by atoms with E-state index in [1.165, 1.54) is 0 Å². The second-order valence-electron chi connectivity index (χ2n) is 7.38. The number of rotatable bonds is 6. The normalized spacial score (nSPS) is 13.9. The van der Waals surface area contributed by atoms with E-state index >= 15 is 0 Å². The first-order valence-electron chi connectivity index (χ1n) is 10.2. The average Bonchev–Trinajstić information content (AvgIpc) is 2.74. The van der Waals surface area contributed by atoms with Crippen molar-refractivity contribution in [1.82, 2.24) is 0 Å². The summed E-state index contributed by atoms with van der Waals surface area (Å²) in [6.07, 6.45) is 1.38. The van der Waals surface area contributed by atoms with Crippen LogP contribution in [0.3, 0.4) is 0 Å². The molecule has 0 bridgehead atoms. The van der Waals surface area contributed by atoms with Gasteiger partial charge in [0.2, 0.25) is 5.91 Å². The van der Waals surface area contributed by atoms with Crippen molar-refractivity contribution in [3.63, 3.8) is 0 Å². The molecular weight excluding hydrogens is 464 g/mol. The first kappa shape index (κ1) is 23.1. The number of amides is 1. The lowest BCUT2D eigenvalue weighted by molar-refractivity contribution is -0.119. The van der Waals surface area contributed by atoms with Crippen LogP contribution in [0.2, 0.25) is 0 Å². The topological polar surface area (TPSA) is 91.1 Å². The summed E-state index contributed by atoms with van der Waals surface area (Å²) in [6.45, 7) is 4.47. The van der Waals surface area contributed by atoms with Gasteiger partial charge in [-0.2, -0.15) is 0 Å². The largest absolute Gasteiger partial charge is 0.513 e. The standard InChI is InChI=1S/C23H27BrN2O5/c1-4-30-23(28)31-17-10-14(2)18(19(24)12-17)13-20(25)22(27)26-9-5-6-15-11-16(29-3)7-8-21(15)26/h7-8,10-12,20H,4-6,9,13,25H2,1-3H3/t20-/m1/s1. The molecule has 0 unspecified atom stereocenters. The van der Waals surface area contributed by atoms with E-state index < -0.39 is 12.2 Å². The van der Waals surface area contributed by atoms with Gasteiger partial charge >= 0.3 is 6.16 Å². The third kappa shape index (κ3) is 5.37. The Hall–Kier alpha value is -2.58. The van der Waals surface area contributed by atoms with Crippen molar-refractivity contribution >= 4 is 33.7 Å². The minimum atomic E-state index is -0.756. The van der Waals surface area contributed by atoms with Crippen LogP contribution in [-0.4, -0.2) is 38.4 Å². The first-order chi connectivity index (χ1) is 14.8. The summed E-state index contributed by atoms with van der Waals surface area (Å²) in [4.78, 5) is 26.5. The summed E-state index contributed by atoms with van der Waals surface area (Å²) < 4.78 is 16.0. The highest BCUT2D eigenvalue weighted by Gasteiger charge is 2.28. The van der Waals surface area contributed by atoms with Gasteiger partial charge < -0.3 is 24.8 Å². The lowest BCUT2D eigenvalue weighted by Crippen LogP contribution is -2.47. The second-order valence-corrected chi connectivity index (χ2v) is 8.24. The molecule has 0 spiro atoms. The maximum absolute atomic E-state index is 13.2. The number of hydrogen-bond donors (Lipinski definition) is 1. The molecule has 1 heterocycles. The number of halogens is 1. The quantitative estimate of drug-likeness (QED) is 0.482. The Kier molecular flexibility index (Phi) is 7.56. The van der Waals surface area contributed by atoms with E-state index in [1.807, 2.05) is 25.1 Å². The van der Waals surface area contributed by atoms with Crippen molar-refractivity contribution in [2.24, 2.45) is 5.73 Å². The van der Waals surface area contributed by atoms with Gasteiger partial charge in [-0.05, 0) is 80.1 Å². The molecular formula is C23H27BrN2O5. The zero-order chi connectivity index (χ0) is 22.5. The second kappa shape index (κ2) is 10.2. The molecule has 2 N–H and O–H groups in total. The summed E-state index contributed by atoms with van der Waals surface area (Å²) in [6, 6.07) is 8.46. The molecule has 1 aliphatic rings. The van der Waals surface area contributed by atoms with Crippen LogP contribution < -0.4 is 20.1 Å². The Morgan fingerprint density at radius 3 is 2.68 bits per heavy atom. The predicted octanol–water partition coefficient (Wildman–Crippen LogP) is 4.15. The van der Waals surface area contributed by atoms with Crippen LogP contribution in [0.15, 0.2) is 34.8 Å². The number of benzene rings is 2. The summed E-state index contributed by atoms with van der Waals surface area (Å²) in [5, 5.41) is 0. The van der Waals surface area contributed by atoms with Crippen molar-refractivity contribution in [3.05, 3.63) is 51.5 Å². The molecule has 166 valence electrons. The number of fused-ring (bicyclic) bond motifs is 1. The average molecular weight is 491 g/mol. The maximum atomic E-state index is 13.2. The van der Waals surface area contributed by atoms with E-state index in [0.717, 1.165) is 45.4 Å². The molecule has 31 heavy (non-hydrogen) atoms. The van der Waals surface area contributed by atoms with Crippen LogP contribution in [0.5, 0.6) is 11.5 Å². The number of nitrogens with two attached hydrogens (primary N) is 1. The van der Waals surface area contributed by atoms with Gasteiger partial charge in [-0.1, -0.05) is 15.9 Å². The van der Waals surface area contributed by atoms with Crippen LogP contribution in [0.1, 0.15) is 30.0 Å². The van der Waals surface area contributed by atoms with Gasteiger partial charge in [0.15, 0.2) is 0 Å². The Balaban J connectivity index is 1.75. The number of carbonyl (C=O) groups excluding carboxylic acids is 2. The fraction of sp³-hybridized carbons (Fsp3) is 0.391. The molecule has 8 heteroatoms. The Morgan fingerprint density at radius 2 is 2.00 bits per heavy atom. The van der Waals surface area contributed by atoms with E-state index in [2.05, 4.69) is 15.9 Å². The fourth-order valence-electron chi connectivity index (χ4n) is 3.74. The van der Waals surface area contributed by atoms with E-state index in [4.69, 9.17) is 19.9 Å². The zero-order valence-electron chi connectivity index (χ0n) is 17.9. The minimum Gasteiger partial charge on any atom is -0.497 e. The van der Waals surface area contributed by atoms with Crippen molar-refractivity contribution in [1.29, 1.82) is 0 Å². The van der Waals surface area contributed by atoms with Crippen molar-refractivity contribution in [3.8, 4) is 11.5 Å². The Labute approximate surface area is 190 Å². The van der Waals surface area contributed by atoms with E-state index in [-0.39, 0.29) is 12.5 Å². The van der Waals surface area contributed by atoms with Crippen molar-refractivity contribution in [2.45, 2.75) is 39.2 Å². The number of methoxy groups -OCH3 is 1. The summed E-state index contributed by atoms with van der Waals surface area (Å²) >= 11 is 3.52. The molecule has 0 aromatic heterocycles. The summed E-state index contributed by atoms with van der Waals surface area (Å²) in [5.74, 6) is 1.02. The molecule has 0 fully saturated rings. The SMILES string of the molecule is CCOC(=O)Oc1cc(C)c(C[C@@H](N)C(=O)N2CCCc3cc(OC)ccc32)c(Br)c1. The van der Waals surface area contributed by atoms with Gasteiger partial charge in [0.05, 0.1) is 19.8 Å². The molecule has 0 saturated heterocycles. The predicted molar refractivity (Wildman–Crippen MR) is 122 cm³/mol. The highest BCUT2D eigenvalue weighted by Crippen LogP contribution is 2.32. The molecule has 3 rings (SSSR count). The monoisotopic (exact) mass is 490 g/mol. The van der Waals surface area contributed by atoms with E-state index in [1.54, 1.807) is 31.1 Å². The van der Waals surface area contributed by atoms with Gasteiger partial charge in [0.1, 0.15) is 11.5 Å². The Bertz CT molecular complexity index is 955. The van der Waals surface area contributed by atoms with Gasteiger partial charge in [0, 0.05) is 16.7 Å². The molecule has 0 saturated carbocycles. The third-order valence-corrected chi connectivity index (χ3v) is 5.98. The number of anilines is 1. The highest BCUT2D eigenvalue weighted by atomic mass is 79.9. The third-order valence-electron chi connectivity index (χ3n) is 5.27. The summed E-state index contributed by atoms with van der Waals surface area (Å²) in [7, 11) is 1.63. The molecule has 2 aromatic carbocycles. The van der Waals surface area contributed by atoms with Crippen molar-refractivity contribution in [2.75, 3.05) is 25.2 Å². The van der Waals surface area contributed by atoms with Crippen LogP contribution in [0.25, 0.3) is 0 Å². The van der Waals surface area contributed by atoms with Crippen LogP contribution >= 0.6 is 15.9 Å². The highest BCUT2D eigenvalue weighted by molar-refractivity contribution is 9.10. The van der Waals surface area contributed by atoms with Crippen LogP contribution in [-0.2, 0) is 22.4 Å². The first-order valence-corrected chi connectivity index (χ1v) is 11.0. The minimum absolute atomic E-state index is 0.121. The molecule has 1 amide bonds. The molecule has 0 aliphatic carbocycles. The number of aryl methyl sites for hydroxylation is 2. The van der Waals surface area contributed by atoms with Gasteiger partial charge in [-0.3, -0.25) is 4.79 Å². The smallest absolute Gasteiger partial charge is 0.497 e. The maximum Gasteiger partial charge on any atom is 0.513 e. The van der Waals surface area contributed by atoms with Gasteiger partial charge in [0.25, 0.3) is 0 Å². The lowest BCUT2D eigenvalue weighted by Gasteiger charge is -2.32. The molecule has 1 atom stereocenters. The van der Waals surface area contributed by atoms with Crippen molar-refractivity contribution < 1.29 is 23.8 Å². The summed E-state index contributed by atoms with van der Waals surface area (Å²) in [5.41, 5.74) is 10.1. The number of carbonyl (C=O) groups is 2.